The fraction of sp³-hybridized carbons (Fsp3) is 0.529. The Bertz CT molecular complexity index is 409. The second-order valence-corrected chi connectivity index (χ2v) is 5.90. The fourth-order valence-corrected chi connectivity index (χ4v) is 3.38. The van der Waals surface area contributed by atoms with Crippen LogP contribution in [0, 0.1) is 11.8 Å². The van der Waals surface area contributed by atoms with Crippen molar-refractivity contribution >= 4 is 0 Å². The number of hydrogen-bond acceptors (Lipinski definition) is 1. The minimum absolute atomic E-state index is 0.661. The maximum absolute atomic E-state index is 3.74. The highest BCUT2D eigenvalue weighted by Gasteiger charge is 2.40. The monoisotopic (exact) mass is 241 g/mol. The summed E-state index contributed by atoms with van der Waals surface area (Å²) < 4.78 is 0. The number of fused-ring (bicyclic) bond motifs is 1. The first-order valence-corrected chi connectivity index (χ1v) is 7.29. The third kappa shape index (κ3) is 2.37. The van der Waals surface area contributed by atoms with Gasteiger partial charge < -0.3 is 5.32 Å². The van der Waals surface area contributed by atoms with Crippen LogP contribution >= 0.6 is 0 Å². The SMILES string of the molecule is CC(CCNC1CC2CC=CC21)c1ccccc1. The van der Waals surface area contributed by atoms with E-state index in [2.05, 4.69) is 54.7 Å². The van der Waals surface area contributed by atoms with E-state index < -0.39 is 0 Å². The molecule has 4 unspecified atom stereocenters. The van der Waals surface area contributed by atoms with Gasteiger partial charge in [-0.1, -0.05) is 49.4 Å². The molecule has 1 saturated carbocycles. The molecule has 4 atom stereocenters. The Labute approximate surface area is 110 Å². The molecule has 3 rings (SSSR count). The molecule has 1 nitrogen and oxygen atoms in total. The molecule has 96 valence electrons. The molecule has 0 amide bonds. The summed E-state index contributed by atoms with van der Waals surface area (Å²) in [4.78, 5) is 0. The van der Waals surface area contributed by atoms with Crippen molar-refractivity contribution in [2.45, 2.75) is 38.1 Å². The maximum Gasteiger partial charge on any atom is 0.0136 e. The van der Waals surface area contributed by atoms with Crippen molar-refractivity contribution in [3.63, 3.8) is 0 Å². The summed E-state index contributed by atoms with van der Waals surface area (Å²) >= 11 is 0. The molecular weight excluding hydrogens is 218 g/mol. The van der Waals surface area contributed by atoms with Crippen LogP contribution in [0.5, 0.6) is 0 Å². The van der Waals surface area contributed by atoms with E-state index >= 15 is 0 Å². The van der Waals surface area contributed by atoms with Gasteiger partial charge in [0.1, 0.15) is 0 Å². The zero-order valence-electron chi connectivity index (χ0n) is 11.2. The summed E-state index contributed by atoms with van der Waals surface area (Å²) in [6.45, 7) is 3.48. The van der Waals surface area contributed by atoms with E-state index in [-0.39, 0.29) is 0 Å². The van der Waals surface area contributed by atoms with Crippen molar-refractivity contribution in [3.8, 4) is 0 Å². The molecule has 0 aliphatic heterocycles. The topological polar surface area (TPSA) is 12.0 Å². The molecule has 2 aliphatic rings. The standard InChI is InChI=1S/C17H23N/c1-13(14-6-3-2-4-7-14)10-11-18-17-12-15-8-5-9-16(15)17/h2-7,9,13,15-18H,8,10-12H2,1H3. The number of hydrogen-bond donors (Lipinski definition) is 1. The van der Waals surface area contributed by atoms with Crippen molar-refractivity contribution in [1.29, 1.82) is 0 Å². The van der Waals surface area contributed by atoms with E-state index in [4.69, 9.17) is 0 Å². The Hall–Kier alpha value is -1.08. The first-order chi connectivity index (χ1) is 8.84. The van der Waals surface area contributed by atoms with Gasteiger partial charge in [-0.15, -0.1) is 0 Å². The third-order valence-corrected chi connectivity index (χ3v) is 4.72. The van der Waals surface area contributed by atoms with Crippen LogP contribution in [0.3, 0.4) is 0 Å². The van der Waals surface area contributed by atoms with E-state index in [1.54, 1.807) is 0 Å². The summed E-state index contributed by atoms with van der Waals surface area (Å²) in [6.07, 6.45) is 8.73. The lowest BCUT2D eigenvalue weighted by molar-refractivity contribution is 0.163. The molecule has 0 bridgehead atoms. The minimum Gasteiger partial charge on any atom is -0.313 e. The molecule has 0 saturated heterocycles. The molecule has 18 heavy (non-hydrogen) atoms. The molecule has 0 spiro atoms. The quantitative estimate of drug-likeness (QED) is 0.774. The van der Waals surface area contributed by atoms with Gasteiger partial charge in [-0.05, 0) is 49.1 Å². The second kappa shape index (κ2) is 5.27. The molecule has 1 fully saturated rings. The molecule has 1 aromatic rings. The van der Waals surface area contributed by atoms with E-state index in [9.17, 15) is 0 Å². The first-order valence-electron chi connectivity index (χ1n) is 7.29. The molecule has 1 heteroatoms. The summed E-state index contributed by atoms with van der Waals surface area (Å²) in [7, 11) is 0. The number of rotatable bonds is 5. The largest absolute Gasteiger partial charge is 0.313 e. The van der Waals surface area contributed by atoms with Gasteiger partial charge in [0.25, 0.3) is 0 Å². The van der Waals surface area contributed by atoms with Gasteiger partial charge in [0, 0.05) is 6.04 Å². The van der Waals surface area contributed by atoms with Crippen LogP contribution in [0.15, 0.2) is 42.5 Å². The Morgan fingerprint density at radius 3 is 2.89 bits per heavy atom. The molecule has 2 aliphatic carbocycles. The van der Waals surface area contributed by atoms with Gasteiger partial charge in [-0.2, -0.15) is 0 Å². The molecule has 0 heterocycles. The zero-order chi connectivity index (χ0) is 12.4. The van der Waals surface area contributed by atoms with Gasteiger partial charge in [-0.3, -0.25) is 0 Å². The van der Waals surface area contributed by atoms with Crippen LogP contribution in [-0.2, 0) is 0 Å². The van der Waals surface area contributed by atoms with Crippen molar-refractivity contribution < 1.29 is 0 Å². The smallest absolute Gasteiger partial charge is 0.0136 e. The lowest BCUT2D eigenvalue weighted by atomic mass is 9.71. The van der Waals surface area contributed by atoms with E-state index in [1.165, 1.54) is 24.8 Å². The maximum atomic E-state index is 3.74. The number of nitrogens with one attached hydrogen (secondary N) is 1. The van der Waals surface area contributed by atoms with Gasteiger partial charge in [-0.25, -0.2) is 0 Å². The first kappa shape index (κ1) is 12.0. The van der Waals surface area contributed by atoms with Crippen LogP contribution in [0.4, 0.5) is 0 Å². The highest BCUT2D eigenvalue weighted by Crippen LogP contribution is 2.42. The van der Waals surface area contributed by atoms with Crippen molar-refractivity contribution in [2.75, 3.05) is 6.54 Å². The van der Waals surface area contributed by atoms with Crippen LogP contribution in [0.2, 0.25) is 0 Å². The molecular formula is C17H23N. The van der Waals surface area contributed by atoms with Crippen LogP contribution in [-0.4, -0.2) is 12.6 Å². The Morgan fingerprint density at radius 2 is 2.11 bits per heavy atom. The highest BCUT2D eigenvalue weighted by molar-refractivity contribution is 5.18. The van der Waals surface area contributed by atoms with E-state index in [0.717, 1.165) is 24.4 Å². The summed E-state index contributed by atoms with van der Waals surface area (Å²) in [5.74, 6) is 2.47. The van der Waals surface area contributed by atoms with Crippen LogP contribution in [0.25, 0.3) is 0 Å². The summed E-state index contributed by atoms with van der Waals surface area (Å²) in [5, 5.41) is 3.74. The van der Waals surface area contributed by atoms with E-state index in [1.807, 2.05) is 0 Å². The predicted octanol–water partition coefficient (Wildman–Crippen LogP) is 3.73. The predicted molar refractivity (Wildman–Crippen MR) is 76.6 cm³/mol. The lowest BCUT2D eigenvalue weighted by Gasteiger charge is -2.41. The molecule has 1 aromatic carbocycles. The lowest BCUT2D eigenvalue weighted by Crippen LogP contribution is -2.48. The molecule has 1 N–H and O–H groups in total. The highest BCUT2D eigenvalue weighted by atomic mass is 14.9. The zero-order valence-corrected chi connectivity index (χ0v) is 11.2. The van der Waals surface area contributed by atoms with Crippen molar-refractivity contribution in [3.05, 3.63) is 48.0 Å². The second-order valence-electron chi connectivity index (χ2n) is 5.90. The van der Waals surface area contributed by atoms with Crippen LogP contribution < -0.4 is 5.32 Å². The Kier molecular flexibility index (Phi) is 3.51. The average Bonchev–Trinajstić information content (AvgIpc) is 2.77. The van der Waals surface area contributed by atoms with Gasteiger partial charge in [0.05, 0.1) is 0 Å². The van der Waals surface area contributed by atoms with Crippen LogP contribution in [0.1, 0.15) is 37.7 Å². The van der Waals surface area contributed by atoms with Crippen molar-refractivity contribution in [1.82, 2.24) is 5.32 Å². The molecule has 0 radical (unpaired) electrons. The van der Waals surface area contributed by atoms with Gasteiger partial charge >= 0.3 is 0 Å². The van der Waals surface area contributed by atoms with Gasteiger partial charge in [0.15, 0.2) is 0 Å². The Morgan fingerprint density at radius 1 is 1.28 bits per heavy atom. The van der Waals surface area contributed by atoms with Gasteiger partial charge in [0.2, 0.25) is 0 Å². The van der Waals surface area contributed by atoms with Crippen molar-refractivity contribution in [2.24, 2.45) is 11.8 Å². The fourth-order valence-electron chi connectivity index (χ4n) is 3.38. The third-order valence-electron chi connectivity index (χ3n) is 4.72. The molecule has 0 aromatic heterocycles. The summed E-state index contributed by atoms with van der Waals surface area (Å²) in [6, 6.07) is 11.6. The number of benzene rings is 1. The summed E-state index contributed by atoms with van der Waals surface area (Å²) in [5.41, 5.74) is 1.46. The Balaban J connectivity index is 1.41. The average molecular weight is 241 g/mol. The number of allylic oxidation sites excluding steroid dienone is 1. The minimum atomic E-state index is 0.661. The van der Waals surface area contributed by atoms with E-state index in [0.29, 0.717) is 5.92 Å². The normalized spacial score (nSPS) is 30.8.